The molecule has 2 unspecified atom stereocenters. The summed E-state index contributed by atoms with van der Waals surface area (Å²) in [5.74, 6) is 1.12. The van der Waals surface area contributed by atoms with Crippen molar-refractivity contribution in [2.24, 2.45) is 5.92 Å². The Morgan fingerprint density at radius 3 is 2.63 bits per heavy atom. The second-order valence-corrected chi connectivity index (χ2v) is 7.43. The van der Waals surface area contributed by atoms with Gasteiger partial charge in [0.05, 0.1) is 19.1 Å². The summed E-state index contributed by atoms with van der Waals surface area (Å²) in [7, 11) is 3.59. The first-order chi connectivity index (χ1) is 13.1. The van der Waals surface area contributed by atoms with Gasteiger partial charge >= 0.3 is 0 Å². The molecule has 0 bridgehead atoms. The third-order valence-corrected chi connectivity index (χ3v) is 5.62. The van der Waals surface area contributed by atoms with E-state index in [1.165, 1.54) is 5.56 Å². The predicted molar refractivity (Wildman–Crippen MR) is 109 cm³/mol. The lowest BCUT2D eigenvalue weighted by atomic mass is 9.95. The third kappa shape index (κ3) is 4.69. The van der Waals surface area contributed by atoms with E-state index in [1.54, 1.807) is 7.11 Å². The number of carbonyl (C=O) groups is 1. The third-order valence-electron chi connectivity index (χ3n) is 5.62. The van der Waals surface area contributed by atoms with Crippen molar-refractivity contribution < 1.29 is 9.53 Å². The molecule has 2 atom stereocenters. The number of benzene rings is 2. The van der Waals surface area contributed by atoms with E-state index in [0.717, 1.165) is 43.8 Å². The summed E-state index contributed by atoms with van der Waals surface area (Å²) < 4.78 is 5.48. The van der Waals surface area contributed by atoms with Gasteiger partial charge in [0.1, 0.15) is 5.75 Å². The molecule has 27 heavy (non-hydrogen) atoms. The fraction of sp³-hybridized carbons (Fsp3) is 0.435. The first-order valence-electron chi connectivity index (χ1n) is 9.76. The maximum absolute atomic E-state index is 13.2. The van der Waals surface area contributed by atoms with Gasteiger partial charge in [-0.2, -0.15) is 0 Å². The highest BCUT2D eigenvalue weighted by molar-refractivity contribution is 5.79. The van der Waals surface area contributed by atoms with Gasteiger partial charge in [0.25, 0.3) is 0 Å². The minimum absolute atomic E-state index is 0.0156. The summed E-state index contributed by atoms with van der Waals surface area (Å²) in [6, 6.07) is 18.4. The van der Waals surface area contributed by atoms with Gasteiger partial charge in [-0.1, -0.05) is 48.5 Å². The normalized spacial score (nSPS) is 18.7. The average molecular weight is 367 g/mol. The first-order valence-corrected chi connectivity index (χ1v) is 9.76. The monoisotopic (exact) mass is 366 g/mol. The molecule has 1 heterocycles. The Balaban J connectivity index is 1.65. The first kappa shape index (κ1) is 19.4. The fourth-order valence-electron chi connectivity index (χ4n) is 3.94. The number of likely N-dealkylation sites (tertiary alicyclic amines) is 1. The van der Waals surface area contributed by atoms with E-state index in [9.17, 15) is 4.79 Å². The number of amides is 1. The van der Waals surface area contributed by atoms with E-state index >= 15 is 0 Å². The van der Waals surface area contributed by atoms with E-state index in [1.807, 2.05) is 42.3 Å². The lowest BCUT2D eigenvalue weighted by Gasteiger charge is -2.36. The van der Waals surface area contributed by atoms with Crippen LogP contribution in [0, 0.1) is 5.92 Å². The van der Waals surface area contributed by atoms with Crippen LogP contribution < -0.4 is 4.74 Å². The summed E-state index contributed by atoms with van der Waals surface area (Å²) in [5, 5.41) is 0. The zero-order valence-electron chi connectivity index (χ0n) is 16.6. The Hall–Kier alpha value is -2.33. The van der Waals surface area contributed by atoms with Crippen LogP contribution in [0.15, 0.2) is 54.6 Å². The number of piperidine rings is 1. The van der Waals surface area contributed by atoms with Crippen LogP contribution in [-0.4, -0.2) is 43.0 Å². The van der Waals surface area contributed by atoms with E-state index in [2.05, 4.69) is 36.1 Å². The van der Waals surface area contributed by atoms with E-state index in [0.29, 0.717) is 0 Å². The second-order valence-electron chi connectivity index (χ2n) is 7.43. The molecule has 2 aromatic carbocycles. The standard InChI is InChI=1S/C23H30N2O2/c1-18(21-13-7-8-14-22(21)27-3)24(2)23(26)20-12-9-15-25(17-20)16-19-10-5-4-6-11-19/h4-8,10-11,13-14,18,20H,9,12,15-17H2,1-3H3. The molecule has 0 N–H and O–H groups in total. The number of methoxy groups -OCH3 is 1. The molecular formula is C23H30N2O2. The molecule has 0 saturated carbocycles. The van der Waals surface area contributed by atoms with Gasteiger partial charge in [0.15, 0.2) is 0 Å². The molecule has 1 saturated heterocycles. The SMILES string of the molecule is COc1ccccc1C(C)N(C)C(=O)C1CCCN(Cc2ccccc2)C1. The van der Waals surface area contributed by atoms with Crippen molar-refractivity contribution in [1.29, 1.82) is 0 Å². The van der Waals surface area contributed by atoms with E-state index < -0.39 is 0 Å². The van der Waals surface area contributed by atoms with Crippen LogP contribution in [0.25, 0.3) is 0 Å². The number of carbonyl (C=O) groups excluding carboxylic acids is 1. The maximum atomic E-state index is 13.2. The minimum atomic E-state index is -0.0156. The maximum Gasteiger partial charge on any atom is 0.227 e. The van der Waals surface area contributed by atoms with Crippen LogP contribution in [0.4, 0.5) is 0 Å². The molecular weight excluding hydrogens is 336 g/mol. The van der Waals surface area contributed by atoms with Crippen LogP contribution in [0.3, 0.4) is 0 Å². The van der Waals surface area contributed by atoms with Crippen LogP contribution in [0.2, 0.25) is 0 Å². The van der Waals surface area contributed by atoms with E-state index in [4.69, 9.17) is 4.74 Å². The molecule has 2 aromatic rings. The Morgan fingerprint density at radius 2 is 1.89 bits per heavy atom. The highest BCUT2D eigenvalue weighted by atomic mass is 16.5. The minimum Gasteiger partial charge on any atom is -0.496 e. The zero-order valence-corrected chi connectivity index (χ0v) is 16.6. The molecule has 144 valence electrons. The number of nitrogens with zero attached hydrogens (tertiary/aromatic N) is 2. The van der Waals surface area contributed by atoms with Crippen molar-refractivity contribution >= 4 is 5.91 Å². The highest BCUT2D eigenvalue weighted by Crippen LogP contribution is 2.30. The molecule has 0 aliphatic carbocycles. The molecule has 0 radical (unpaired) electrons. The van der Waals surface area contributed by atoms with Crippen LogP contribution in [-0.2, 0) is 11.3 Å². The van der Waals surface area contributed by atoms with Crippen molar-refractivity contribution in [3.8, 4) is 5.75 Å². The van der Waals surface area contributed by atoms with Crippen molar-refractivity contribution in [2.75, 3.05) is 27.2 Å². The molecule has 0 aromatic heterocycles. The molecule has 1 aliphatic rings. The predicted octanol–water partition coefficient (Wildman–Crippen LogP) is 4.13. The lowest BCUT2D eigenvalue weighted by molar-refractivity contribution is -0.138. The van der Waals surface area contributed by atoms with Gasteiger partial charge in [-0.05, 0) is 37.9 Å². The number of para-hydroxylation sites is 1. The molecule has 1 fully saturated rings. The summed E-state index contributed by atoms with van der Waals surface area (Å²) in [5.41, 5.74) is 2.36. The Morgan fingerprint density at radius 1 is 1.19 bits per heavy atom. The van der Waals surface area contributed by atoms with Gasteiger partial charge in [-0.3, -0.25) is 9.69 Å². The zero-order chi connectivity index (χ0) is 19.2. The Kier molecular flexibility index (Phi) is 6.51. The number of ether oxygens (including phenoxy) is 1. The summed E-state index contributed by atoms with van der Waals surface area (Å²) in [6.07, 6.45) is 2.03. The second kappa shape index (κ2) is 9.05. The topological polar surface area (TPSA) is 32.8 Å². The van der Waals surface area contributed by atoms with Crippen molar-refractivity contribution in [1.82, 2.24) is 9.80 Å². The van der Waals surface area contributed by atoms with E-state index in [-0.39, 0.29) is 17.9 Å². The van der Waals surface area contributed by atoms with Gasteiger partial charge < -0.3 is 9.64 Å². The molecule has 4 nitrogen and oxygen atoms in total. The van der Waals surface area contributed by atoms with Crippen LogP contribution in [0.1, 0.15) is 36.9 Å². The number of hydrogen-bond acceptors (Lipinski definition) is 3. The Bertz CT molecular complexity index is 747. The van der Waals surface area contributed by atoms with Crippen LogP contribution in [0.5, 0.6) is 5.75 Å². The van der Waals surface area contributed by atoms with Crippen LogP contribution >= 0.6 is 0 Å². The number of rotatable bonds is 6. The van der Waals surface area contributed by atoms with Crippen molar-refractivity contribution in [2.45, 2.75) is 32.4 Å². The lowest BCUT2D eigenvalue weighted by Crippen LogP contribution is -2.44. The highest BCUT2D eigenvalue weighted by Gasteiger charge is 2.30. The fourth-order valence-corrected chi connectivity index (χ4v) is 3.94. The summed E-state index contributed by atoms with van der Waals surface area (Å²) in [6.45, 7) is 4.87. The quantitative estimate of drug-likeness (QED) is 0.771. The van der Waals surface area contributed by atoms with Gasteiger partial charge in [-0.15, -0.1) is 0 Å². The Labute approximate surface area is 162 Å². The van der Waals surface area contributed by atoms with Crippen molar-refractivity contribution in [3.05, 3.63) is 65.7 Å². The van der Waals surface area contributed by atoms with Gasteiger partial charge in [0, 0.05) is 25.7 Å². The summed E-state index contributed by atoms with van der Waals surface area (Å²) in [4.78, 5) is 17.5. The van der Waals surface area contributed by atoms with Gasteiger partial charge in [-0.25, -0.2) is 0 Å². The largest absolute Gasteiger partial charge is 0.496 e. The molecule has 1 amide bonds. The average Bonchev–Trinajstić information content (AvgIpc) is 2.73. The molecule has 3 rings (SSSR count). The molecule has 4 heteroatoms. The smallest absolute Gasteiger partial charge is 0.227 e. The number of hydrogen-bond donors (Lipinski definition) is 0. The van der Waals surface area contributed by atoms with Gasteiger partial charge in [0.2, 0.25) is 5.91 Å². The summed E-state index contributed by atoms with van der Waals surface area (Å²) >= 11 is 0. The van der Waals surface area contributed by atoms with Crippen molar-refractivity contribution in [3.63, 3.8) is 0 Å². The molecule has 1 aliphatic heterocycles. The molecule has 0 spiro atoms.